The van der Waals surface area contributed by atoms with E-state index in [-0.39, 0.29) is 0 Å². The van der Waals surface area contributed by atoms with Crippen LogP contribution < -0.4 is 0 Å². The van der Waals surface area contributed by atoms with Gasteiger partial charge in [0.25, 0.3) is 0 Å². The minimum atomic E-state index is 0.511. The summed E-state index contributed by atoms with van der Waals surface area (Å²) < 4.78 is 7.02. The molecule has 0 bridgehead atoms. The number of hydrogen-bond donors (Lipinski definition) is 0. The van der Waals surface area contributed by atoms with Crippen LogP contribution in [0.1, 0.15) is 10.8 Å². The van der Waals surface area contributed by atoms with Crippen LogP contribution in [0.3, 0.4) is 0 Å². The number of thiazole rings is 1. The summed E-state index contributed by atoms with van der Waals surface area (Å²) in [5, 5.41) is 1.99. The zero-order valence-corrected chi connectivity index (χ0v) is 14.7. The monoisotopic (exact) mass is 371 g/mol. The quantitative estimate of drug-likeness (QED) is 0.386. The molecule has 0 amide bonds. The van der Waals surface area contributed by atoms with Crippen LogP contribution in [0.4, 0.5) is 0 Å². The lowest BCUT2D eigenvalue weighted by Gasteiger charge is -1.99. The molecule has 0 saturated carbocycles. The zero-order chi connectivity index (χ0) is 16.5. The van der Waals surface area contributed by atoms with Crippen molar-refractivity contribution in [1.82, 2.24) is 4.98 Å². The molecule has 0 aliphatic carbocycles. The predicted octanol–water partition coefficient (Wildman–Crippen LogP) is 7.03. The molecular formula is C19H11Cl2NOS. The molecule has 118 valence electrons. The molecule has 4 aromatic rings. The second-order valence-electron chi connectivity index (χ2n) is 5.18. The van der Waals surface area contributed by atoms with E-state index in [2.05, 4.69) is 11.1 Å². The first-order chi connectivity index (χ1) is 11.7. The Morgan fingerprint density at radius 3 is 2.62 bits per heavy atom. The topological polar surface area (TPSA) is 26.0 Å². The van der Waals surface area contributed by atoms with Crippen LogP contribution in [0.2, 0.25) is 10.0 Å². The molecule has 0 atom stereocenters. The van der Waals surface area contributed by atoms with Crippen LogP contribution in [-0.2, 0) is 0 Å². The lowest BCUT2D eigenvalue weighted by atomic mass is 10.2. The number of hydrogen-bond acceptors (Lipinski definition) is 3. The Kier molecular flexibility index (Phi) is 4.15. The zero-order valence-electron chi connectivity index (χ0n) is 12.4. The molecule has 0 unspecified atom stereocenters. The van der Waals surface area contributed by atoms with Gasteiger partial charge < -0.3 is 4.42 Å². The van der Waals surface area contributed by atoms with Crippen molar-refractivity contribution in [2.24, 2.45) is 0 Å². The first-order valence-electron chi connectivity index (χ1n) is 7.28. The highest BCUT2D eigenvalue weighted by Crippen LogP contribution is 2.30. The molecule has 24 heavy (non-hydrogen) atoms. The first-order valence-corrected chi connectivity index (χ1v) is 8.85. The van der Waals surface area contributed by atoms with Crippen LogP contribution in [0.5, 0.6) is 0 Å². The number of furan rings is 1. The number of benzene rings is 2. The standard InChI is InChI=1S/C19H11Cl2NOS/c20-14-8-5-12(11-15(14)21)17-9-6-13(23-17)7-10-19-22-16-3-1-2-4-18(16)24-19/h1-11H/b10-7+. The smallest absolute Gasteiger partial charge is 0.134 e. The van der Waals surface area contributed by atoms with E-state index in [1.165, 1.54) is 4.70 Å². The number of rotatable bonds is 3. The highest BCUT2D eigenvalue weighted by molar-refractivity contribution is 7.19. The molecule has 0 spiro atoms. The molecule has 2 heterocycles. The molecular weight excluding hydrogens is 361 g/mol. The molecule has 2 nitrogen and oxygen atoms in total. The maximum Gasteiger partial charge on any atom is 0.134 e. The fraction of sp³-hybridized carbons (Fsp3) is 0. The summed E-state index contributed by atoms with van der Waals surface area (Å²) in [7, 11) is 0. The summed E-state index contributed by atoms with van der Waals surface area (Å²) in [5.74, 6) is 1.51. The van der Waals surface area contributed by atoms with Crippen molar-refractivity contribution < 1.29 is 4.42 Å². The van der Waals surface area contributed by atoms with Crippen molar-refractivity contribution >= 4 is 56.9 Å². The minimum absolute atomic E-state index is 0.511. The van der Waals surface area contributed by atoms with E-state index < -0.39 is 0 Å². The van der Waals surface area contributed by atoms with Crippen molar-refractivity contribution in [2.75, 3.05) is 0 Å². The highest BCUT2D eigenvalue weighted by atomic mass is 35.5. The van der Waals surface area contributed by atoms with Crippen molar-refractivity contribution in [1.29, 1.82) is 0 Å². The molecule has 2 aromatic heterocycles. The van der Waals surface area contributed by atoms with Crippen LogP contribution in [0, 0.1) is 0 Å². The third kappa shape index (κ3) is 3.11. The van der Waals surface area contributed by atoms with Gasteiger partial charge in [-0.2, -0.15) is 0 Å². The van der Waals surface area contributed by atoms with Crippen molar-refractivity contribution in [3.05, 3.63) is 75.4 Å². The fourth-order valence-electron chi connectivity index (χ4n) is 2.36. The van der Waals surface area contributed by atoms with Gasteiger partial charge in [0.05, 0.1) is 20.3 Å². The molecule has 0 radical (unpaired) electrons. The fourth-order valence-corrected chi connectivity index (χ4v) is 3.53. The molecule has 5 heteroatoms. The van der Waals surface area contributed by atoms with E-state index in [1.807, 2.05) is 48.6 Å². The number of aromatic nitrogens is 1. The number of nitrogens with zero attached hydrogens (tertiary/aromatic N) is 1. The maximum atomic E-state index is 6.06. The number of fused-ring (bicyclic) bond motifs is 1. The van der Waals surface area contributed by atoms with E-state index >= 15 is 0 Å². The van der Waals surface area contributed by atoms with Gasteiger partial charge in [-0.15, -0.1) is 11.3 Å². The summed E-state index contributed by atoms with van der Waals surface area (Å²) in [4.78, 5) is 4.57. The van der Waals surface area contributed by atoms with Gasteiger partial charge in [-0.1, -0.05) is 35.3 Å². The van der Waals surface area contributed by atoms with Crippen molar-refractivity contribution in [3.63, 3.8) is 0 Å². The summed E-state index contributed by atoms with van der Waals surface area (Å²) in [6, 6.07) is 17.4. The number of halogens is 2. The average molecular weight is 372 g/mol. The lowest BCUT2D eigenvalue weighted by molar-refractivity contribution is 0.572. The van der Waals surface area contributed by atoms with Crippen LogP contribution in [0.15, 0.2) is 59.0 Å². The SMILES string of the molecule is Clc1ccc(-c2ccc(/C=C/c3nc4ccccc4s3)o2)cc1Cl. The Morgan fingerprint density at radius 1 is 0.917 bits per heavy atom. The van der Waals surface area contributed by atoms with E-state index in [1.54, 1.807) is 23.5 Å². The predicted molar refractivity (Wildman–Crippen MR) is 103 cm³/mol. The van der Waals surface area contributed by atoms with Gasteiger partial charge in [-0.25, -0.2) is 4.98 Å². The van der Waals surface area contributed by atoms with Crippen molar-refractivity contribution in [3.8, 4) is 11.3 Å². The van der Waals surface area contributed by atoms with Gasteiger partial charge in [0.15, 0.2) is 0 Å². The third-order valence-electron chi connectivity index (χ3n) is 3.53. The van der Waals surface area contributed by atoms with Gasteiger partial charge in [-0.3, -0.25) is 0 Å². The van der Waals surface area contributed by atoms with E-state index in [0.717, 1.165) is 27.6 Å². The first kappa shape index (κ1) is 15.5. The second kappa shape index (κ2) is 6.44. The molecule has 0 aliphatic rings. The normalized spacial score (nSPS) is 11.6. The Bertz CT molecular complexity index is 1020. The minimum Gasteiger partial charge on any atom is -0.457 e. The summed E-state index contributed by atoms with van der Waals surface area (Å²) >= 11 is 13.7. The Balaban J connectivity index is 1.59. The van der Waals surface area contributed by atoms with Crippen LogP contribution in [0.25, 0.3) is 33.7 Å². The van der Waals surface area contributed by atoms with Gasteiger partial charge in [-0.05, 0) is 54.6 Å². The van der Waals surface area contributed by atoms with E-state index in [4.69, 9.17) is 27.6 Å². The Hall–Kier alpha value is -2.07. The molecule has 0 N–H and O–H groups in total. The lowest BCUT2D eigenvalue weighted by Crippen LogP contribution is -1.74. The van der Waals surface area contributed by atoms with Gasteiger partial charge >= 0.3 is 0 Å². The van der Waals surface area contributed by atoms with Gasteiger partial charge in [0.2, 0.25) is 0 Å². The van der Waals surface area contributed by atoms with Gasteiger partial charge in [0.1, 0.15) is 16.5 Å². The average Bonchev–Trinajstić information content (AvgIpc) is 3.21. The largest absolute Gasteiger partial charge is 0.457 e. The second-order valence-corrected chi connectivity index (χ2v) is 7.06. The molecule has 0 fully saturated rings. The highest BCUT2D eigenvalue weighted by Gasteiger charge is 2.06. The maximum absolute atomic E-state index is 6.06. The summed E-state index contributed by atoms with van der Waals surface area (Å²) in [5.41, 5.74) is 1.90. The summed E-state index contributed by atoms with van der Waals surface area (Å²) in [6.07, 6.45) is 3.88. The molecule has 0 aliphatic heterocycles. The summed E-state index contributed by atoms with van der Waals surface area (Å²) in [6.45, 7) is 0. The van der Waals surface area contributed by atoms with Crippen LogP contribution in [-0.4, -0.2) is 4.98 Å². The Morgan fingerprint density at radius 2 is 1.79 bits per heavy atom. The van der Waals surface area contributed by atoms with Gasteiger partial charge in [0, 0.05) is 5.56 Å². The van der Waals surface area contributed by atoms with Crippen molar-refractivity contribution in [2.45, 2.75) is 0 Å². The number of para-hydroxylation sites is 1. The Labute approximate surface area is 153 Å². The molecule has 4 rings (SSSR count). The van der Waals surface area contributed by atoms with Crippen LogP contribution >= 0.6 is 34.5 Å². The molecule has 2 aromatic carbocycles. The van der Waals surface area contributed by atoms with E-state index in [9.17, 15) is 0 Å². The third-order valence-corrected chi connectivity index (χ3v) is 5.27. The molecule has 0 saturated heterocycles. The van der Waals surface area contributed by atoms with E-state index in [0.29, 0.717) is 10.0 Å².